The van der Waals surface area contributed by atoms with Gasteiger partial charge >= 0.3 is 0 Å². The van der Waals surface area contributed by atoms with Crippen LogP contribution >= 0.6 is 0 Å². The van der Waals surface area contributed by atoms with Gasteiger partial charge in [0.15, 0.2) is 0 Å². The number of nitrogens with one attached hydrogen (secondary N) is 9. The predicted octanol–water partition coefficient (Wildman–Crippen LogP) is -6.84. The van der Waals surface area contributed by atoms with Crippen molar-refractivity contribution in [3.8, 4) is 0 Å². The highest BCUT2D eigenvalue weighted by Gasteiger charge is 2.36. The highest BCUT2D eigenvalue weighted by molar-refractivity contribution is 5.98. The lowest BCUT2D eigenvalue weighted by atomic mass is 10.00. The Balaban J connectivity index is 2.74. The van der Waals surface area contributed by atoms with Crippen LogP contribution in [-0.2, 0) is 49.6 Å². The normalized spacial score (nSPS) is 26.1. The Labute approximate surface area is 396 Å². The molecule has 0 aromatic heterocycles. The second kappa shape index (κ2) is 29.8. The Kier molecular flexibility index (Phi) is 25.6. The molecule has 1 aliphatic heterocycles. The largest absolute Gasteiger partial charge is 0.391 e. The Morgan fingerprint density at radius 3 is 1.41 bits per heavy atom. The summed E-state index contributed by atoms with van der Waals surface area (Å²) in [6, 6.07) is -4.17. The summed E-state index contributed by atoms with van der Waals surface area (Å²) in [5.41, 5.74) is 29.8. The van der Waals surface area contributed by atoms with E-state index >= 15 is 0 Å². The average Bonchev–Trinajstić information content (AvgIpc) is 3.28. The molecule has 9 amide bonds. The predicted molar refractivity (Wildman–Crippen MR) is 249 cm³/mol. The number of hydrogen-bond acceptors (Lipinski definition) is 16. The van der Waals surface area contributed by atoms with Crippen LogP contribution in [0.1, 0.15) is 71.8 Å². The molecule has 1 heterocycles. The lowest BCUT2D eigenvalue weighted by Crippen LogP contribution is -2.62. The molecule has 1 saturated heterocycles. The van der Waals surface area contributed by atoms with E-state index < -0.39 is 120 Å². The molecule has 21 N–H and O–H groups in total. The van der Waals surface area contributed by atoms with Crippen LogP contribution in [0.4, 0.5) is 0 Å². The number of carbonyl (C=O) groups is 9. The molecule has 11 atom stereocenters. The molecule has 68 heavy (non-hydrogen) atoms. The first kappa shape index (κ1) is 58.3. The molecule has 382 valence electrons. The average molecular weight is 963 g/mol. The van der Waals surface area contributed by atoms with Crippen molar-refractivity contribution in [2.24, 2.45) is 34.6 Å². The Morgan fingerprint density at radius 1 is 0.588 bits per heavy atom. The third-order valence-corrected chi connectivity index (χ3v) is 10.9. The smallest absolute Gasteiger partial charge is 0.245 e. The number of aliphatic hydroxyl groups excluding tert-OH is 2. The van der Waals surface area contributed by atoms with Gasteiger partial charge in [0, 0.05) is 13.0 Å². The zero-order valence-corrected chi connectivity index (χ0v) is 39.3. The molecule has 1 aromatic rings. The number of nitrogens with two attached hydrogens (primary N) is 5. The Hall–Kier alpha value is -5.83. The molecular weight excluding hydrogens is 889 g/mol. The first-order valence-corrected chi connectivity index (χ1v) is 22.8. The molecule has 1 fully saturated rings. The highest BCUT2D eigenvalue weighted by Crippen LogP contribution is 2.11. The summed E-state index contributed by atoms with van der Waals surface area (Å²) in [6.45, 7) is 5.16. The summed E-state index contributed by atoms with van der Waals surface area (Å²) < 4.78 is 0. The van der Waals surface area contributed by atoms with Crippen LogP contribution in [-0.4, -0.2) is 163 Å². The maximum absolute atomic E-state index is 14.2. The third-order valence-electron chi connectivity index (χ3n) is 10.9. The maximum Gasteiger partial charge on any atom is 0.245 e. The minimum atomic E-state index is -1.63. The van der Waals surface area contributed by atoms with Crippen molar-refractivity contribution in [2.75, 3.05) is 32.7 Å². The van der Waals surface area contributed by atoms with Gasteiger partial charge in [0.25, 0.3) is 0 Å². The second-order valence-corrected chi connectivity index (χ2v) is 17.1. The van der Waals surface area contributed by atoms with Crippen LogP contribution in [0.25, 0.3) is 0 Å². The minimum absolute atomic E-state index is 0.0690. The molecule has 0 aliphatic carbocycles. The standard InChI is InChI=1S/C43H74N14O11/c1-22(2)20-31-40(65)53-27(11-16-45)36(61)52-29(13-18-47)39(64)57-34(24(4)59)43(68)49-19-14-30(54-42(67)33(48)23(3)58)38(63)51-26(10-15-44)35(60)50-28(12-17-46)37(62)56-32(41(66)55-31)21-25-8-6-5-7-9-25/h5-9,22-24,26-34,58-59H,10-21,44-48H2,1-4H3,(H,49,68)(H,50,60)(H,51,63)(H,52,61)(H,53,65)(H,54,67)(H,55,66)(H,56,62)(H,57,64)/t23-,24-,26+,27+,28-,29-,30+,31-,32-,33+,34+/m1/s1. The number of hydrogen-bond donors (Lipinski definition) is 16. The van der Waals surface area contributed by atoms with Crippen molar-refractivity contribution in [3.63, 3.8) is 0 Å². The van der Waals surface area contributed by atoms with Crippen LogP contribution in [0.3, 0.4) is 0 Å². The molecule has 1 aromatic carbocycles. The van der Waals surface area contributed by atoms with E-state index in [-0.39, 0.29) is 83.6 Å². The summed E-state index contributed by atoms with van der Waals surface area (Å²) in [7, 11) is 0. The van der Waals surface area contributed by atoms with Crippen LogP contribution in [0.15, 0.2) is 30.3 Å². The van der Waals surface area contributed by atoms with E-state index in [1.165, 1.54) is 13.8 Å². The van der Waals surface area contributed by atoms with Crippen molar-refractivity contribution in [1.29, 1.82) is 0 Å². The molecule has 1 aliphatic rings. The van der Waals surface area contributed by atoms with Crippen molar-refractivity contribution >= 4 is 53.2 Å². The second-order valence-electron chi connectivity index (χ2n) is 17.1. The zero-order chi connectivity index (χ0) is 51.1. The third kappa shape index (κ3) is 19.4. The topological polar surface area (TPSA) is 432 Å². The van der Waals surface area contributed by atoms with E-state index in [0.717, 1.165) is 0 Å². The molecular formula is C43H74N14O11. The fraction of sp³-hybridized carbons (Fsp3) is 0.651. The molecule has 0 radical (unpaired) electrons. The molecule has 0 spiro atoms. The number of rotatable bonds is 16. The Morgan fingerprint density at radius 2 is 0.985 bits per heavy atom. The maximum atomic E-state index is 14.2. The van der Waals surface area contributed by atoms with Gasteiger partial charge in [0.1, 0.15) is 54.4 Å². The number of benzene rings is 1. The summed E-state index contributed by atoms with van der Waals surface area (Å²) in [4.78, 5) is 124. The molecule has 0 saturated carbocycles. The van der Waals surface area contributed by atoms with Crippen LogP contribution in [0.2, 0.25) is 0 Å². The van der Waals surface area contributed by atoms with E-state index in [2.05, 4.69) is 47.9 Å². The van der Waals surface area contributed by atoms with Gasteiger partial charge in [-0.25, -0.2) is 0 Å². The van der Waals surface area contributed by atoms with Crippen molar-refractivity contribution < 1.29 is 53.4 Å². The van der Waals surface area contributed by atoms with Crippen molar-refractivity contribution in [2.45, 2.75) is 139 Å². The van der Waals surface area contributed by atoms with E-state index in [1.54, 1.807) is 44.2 Å². The fourth-order valence-electron chi connectivity index (χ4n) is 7.00. The summed E-state index contributed by atoms with van der Waals surface area (Å²) in [5, 5.41) is 43.4. The fourth-order valence-corrected chi connectivity index (χ4v) is 7.00. The summed E-state index contributed by atoms with van der Waals surface area (Å²) >= 11 is 0. The lowest BCUT2D eigenvalue weighted by Gasteiger charge is -2.29. The van der Waals surface area contributed by atoms with E-state index in [4.69, 9.17) is 28.7 Å². The quantitative estimate of drug-likeness (QED) is 0.0732. The monoisotopic (exact) mass is 963 g/mol. The van der Waals surface area contributed by atoms with Crippen LogP contribution in [0, 0.1) is 5.92 Å². The van der Waals surface area contributed by atoms with Gasteiger partial charge in [0.2, 0.25) is 53.2 Å². The molecule has 2 rings (SSSR count). The van der Waals surface area contributed by atoms with Gasteiger partial charge in [-0.2, -0.15) is 0 Å². The molecule has 0 bridgehead atoms. The lowest BCUT2D eigenvalue weighted by molar-refractivity contribution is -0.136. The number of carbonyl (C=O) groups excluding carboxylic acids is 9. The van der Waals surface area contributed by atoms with E-state index in [1.807, 2.05) is 0 Å². The highest BCUT2D eigenvalue weighted by atomic mass is 16.3. The van der Waals surface area contributed by atoms with Gasteiger partial charge in [-0.3, -0.25) is 43.2 Å². The minimum Gasteiger partial charge on any atom is -0.391 e. The Bertz CT molecular complexity index is 1840. The molecule has 25 nitrogen and oxygen atoms in total. The zero-order valence-electron chi connectivity index (χ0n) is 39.3. The van der Waals surface area contributed by atoms with Gasteiger partial charge in [-0.1, -0.05) is 44.2 Å². The first-order valence-electron chi connectivity index (χ1n) is 22.8. The molecule has 25 heteroatoms. The van der Waals surface area contributed by atoms with Crippen LogP contribution < -0.4 is 76.5 Å². The van der Waals surface area contributed by atoms with Gasteiger partial charge in [-0.15, -0.1) is 0 Å². The van der Waals surface area contributed by atoms with Crippen LogP contribution in [0.5, 0.6) is 0 Å². The van der Waals surface area contributed by atoms with Gasteiger partial charge in [-0.05, 0) is 90.0 Å². The first-order chi connectivity index (χ1) is 32.2. The van der Waals surface area contributed by atoms with Crippen molar-refractivity contribution in [1.82, 2.24) is 47.9 Å². The summed E-state index contributed by atoms with van der Waals surface area (Å²) in [5.74, 6) is -8.18. The number of amides is 9. The van der Waals surface area contributed by atoms with Gasteiger partial charge < -0.3 is 86.7 Å². The van der Waals surface area contributed by atoms with Crippen molar-refractivity contribution in [3.05, 3.63) is 35.9 Å². The summed E-state index contributed by atoms with van der Waals surface area (Å²) in [6.07, 6.45) is -3.83. The SMILES string of the molecule is CC(C)C[C@H]1NC(=O)[C@@H](Cc2ccccc2)NC(=O)[C@@H](CCN)NC(=O)[C@H](CCN)NC(=O)[C@@H](NC(=O)[C@@H](N)[C@@H](C)O)CCNC(=O)[C@H]([C@@H](C)O)NC(=O)[C@@H](CCN)NC(=O)[C@H](CCN)NC1=O. The number of aliphatic hydroxyl groups is 2. The van der Waals surface area contributed by atoms with E-state index in [9.17, 15) is 53.4 Å². The molecule has 0 unspecified atom stereocenters. The van der Waals surface area contributed by atoms with E-state index in [0.29, 0.717) is 5.56 Å². The van der Waals surface area contributed by atoms with Gasteiger partial charge in [0.05, 0.1) is 12.2 Å².